The molecular formula is C17H27N3O4. The lowest BCUT2D eigenvalue weighted by Gasteiger charge is -2.48. The molecule has 1 amide bonds. The summed E-state index contributed by atoms with van der Waals surface area (Å²) in [6, 6.07) is 0.0603. The molecule has 2 aliphatic rings. The maximum atomic E-state index is 12.2. The molecule has 134 valence electrons. The van der Waals surface area contributed by atoms with Crippen LogP contribution in [-0.4, -0.2) is 65.3 Å². The third kappa shape index (κ3) is 3.96. The van der Waals surface area contributed by atoms with Crippen LogP contribution in [0.5, 0.6) is 0 Å². The molecule has 7 nitrogen and oxygen atoms in total. The second-order valence-electron chi connectivity index (χ2n) is 6.45. The summed E-state index contributed by atoms with van der Waals surface area (Å²) >= 11 is 0. The van der Waals surface area contributed by atoms with Crippen molar-refractivity contribution in [2.45, 2.75) is 44.9 Å². The van der Waals surface area contributed by atoms with Gasteiger partial charge in [0.05, 0.1) is 12.0 Å². The van der Waals surface area contributed by atoms with E-state index >= 15 is 0 Å². The highest BCUT2D eigenvalue weighted by Gasteiger charge is 2.50. The van der Waals surface area contributed by atoms with E-state index in [1.54, 1.807) is 6.92 Å². The summed E-state index contributed by atoms with van der Waals surface area (Å²) in [5.41, 5.74) is 4.47. The van der Waals surface area contributed by atoms with Gasteiger partial charge in [-0.15, -0.1) is 0 Å². The zero-order valence-corrected chi connectivity index (χ0v) is 14.6. The molecule has 2 heterocycles. The number of hydrazine groups is 1. The van der Waals surface area contributed by atoms with Crippen LogP contribution in [-0.2, 0) is 14.3 Å². The average molecular weight is 337 g/mol. The molecule has 2 aliphatic heterocycles. The fourth-order valence-corrected chi connectivity index (χ4v) is 3.32. The maximum absolute atomic E-state index is 12.2. The first-order chi connectivity index (χ1) is 11.3. The van der Waals surface area contributed by atoms with Crippen molar-refractivity contribution in [2.75, 3.05) is 20.2 Å². The number of esters is 1. The number of amides is 1. The first kappa shape index (κ1) is 18.5. The summed E-state index contributed by atoms with van der Waals surface area (Å²) in [5, 5.41) is 11.8. The number of ether oxygens (including phenoxy) is 1. The molecule has 4 atom stereocenters. The molecule has 2 rings (SSSR count). The van der Waals surface area contributed by atoms with E-state index in [4.69, 9.17) is 4.74 Å². The number of nitrogens with one attached hydrogen (secondary N) is 1. The normalized spacial score (nSPS) is 27.6. The monoisotopic (exact) mass is 337 g/mol. The predicted octanol–water partition coefficient (Wildman–Crippen LogP) is 0.426. The summed E-state index contributed by atoms with van der Waals surface area (Å²) in [4.78, 5) is 25.5. The molecule has 1 unspecified atom stereocenters. The van der Waals surface area contributed by atoms with Crippen molar-refractivity contribution in [1.29, 1.82) is 0 Å². The van der Waals surface area contributed by atoms with Gasteiger partial charge in [-0.1, -0.05) is 12.7 Å². The highest BCUT2D eigenvalue weighted by atomic mass is 16.5. The molecule has 0 aromatic rings. The van der Waals surface area contributed by atoms with Gasteiger partial charge in [0.25, 0.3) is 0 Å². The van der Waals surface area contributed by atoms with Crippen molar-refractivity contribution in [3.8, 4) is 0 Å². The van der Waals surface area contributed by atoms with Crippen LogP contribution in [0, 0.1) is 5.92 Å². The number of likely N-dealkylation sites (tertiary alicyclic amines) is 1. The first-order valence-electron chi connectivity index (χ1n) is 8.28. The summed E-state index contributed by atoms with van der Waals surface area (Å²) in [6.45, 7) is 7.19. The van der Waals surface area contributed by atoms with Crippen molar-refractivity contribution < 1.29 is 19.4 Å². The molecule has 0 aliphatic carbocycles. The summed E-state index contributed by atoms with van der Waals surface area (Å²) < 4.78 is 4.95. The minimum absolute atomic E-state index is 0.0760. The van der Waals surface area contributed by atoms with Crippen LogP contribution in [0.1, 0.15) is 26.7 Å². The molecule has 2 N–H and O–H groups in total. The molecule has 7 heteroatoms. The zero-order chi connectivity index (χ0) is 17.9. The Balaban J connectivity index is 1.93. The number of β-lactam (4-membered cyclic amide) rings is 1. The Morgan fingerprint density at radius 3 is 2.79 bits per heavy atom. The lowest BCUT2D eigenvalue weighted by Crippen LogP contribution is -2.65. The van der Waals surface area contributed by atoms with E-state index < -0.39 is 18.0 Å². The highest BCUT2D eigenvalue weighted by molar-refractivity contribution is 5.90. The van der Waals surface area contributed by atoms with Crippen LogP contribution in [0.15, 0.2) is 24.4 Å². The van der Waals surface area contributed by atoms with E-state index in [9.17, 15) is 14.7 Å². The Labute approximate surface area is 142 Å². The minimum atomic E-state index is -0.723. The van der Waals surface area contributed by atoms with Gasteiger partial charge in [0.2, 0.25) is 5.91 Å². The first-order valence-corrected chi connectivity index (χ1v) is 8.28. The van der Waals surface area contributed by atoms with E-state index in [0.717, 1.165) is 12.1 Å². The smallest absolute Gasteiger partial charge is 0.325 e. The number of nitrogens with zero attached hydrogens (tertiary/aromatic N) is 2. The van der Waals surface area contributed by atoms with E-state index in [1.165, 1.54) is 11.0 Å². The second-order valence-corrected chi connectivity index (χ2v) is 6.45. The number of hydrogen-bond donors (Lipinski definition) is 2. The topological polar surface area (TPSA) is 82.1 Å². The molecule has 0 aromatic heterocycles. The molecule has 0 saturated carbocycles. The number of hydrogen-bond acceptors (Lipinski definition) is 6. The molecular weight excluding hydrogens is 310 g/mol. The van der Waals surface area contributed by atoms with E-state index in [1.807, 2.05) is 19.0 Å². The van der Waals surface area contributed by atoms with Crippen LogP contribution in [0.25, 0.3) is 0 Å². The van der Waals surface area contributed by atoms with Gasteiger partial charge in [-0.2, -0.15) is 0 Å². The Hall–Kier alpha value is -1.86. The average Bonchev–Trinajstić information content (AvgIpc) is 2.84. The van der Waals surface area contributed by atoms with Crippen molar-refractivity contribution >= 4 is 11.9 Å². The summed E-state index contributed by atoms with van der Waals surface area (Å²) in [7, 11) is 1.96. The summed E-state index contributed by atoms with van der Waals surface area (Å²) in [6.07, 6.45) is 4.44. The van der Waals surface area contributed by atoms with Crippen molar-refractivity contribution in [3.05, 3.63) is 24.4 Å². The van der Waals surface area contributed by atoms with E-state index in [2.05, 4.69) is 18.1 Å². The number of allylic oxidation sites excluding steroid dienone is 1. The molecule has 1 fully saturated rings. The van der Waals surface area contributed by atoms with Crippen molar-refractivity contribution in [3.63, 3.8) is 0 Å². The maximum Gasteiger partial charge on any atom is 0.325 e. The van der Waals surface area contributed by atoms with Crippen LogP contribution >= 0.6 is 0 Å². The number of carbonyl (C=O) groups excluding carboxylic acids is 2. The molecule has 0 spiro atoms. The Morgan fingerprint density at radius 1 is 1.54 bits per heavy atom. The van der Waals surface area contributed by atoms with Crippen LogP contribution < -0.4 is 5.43 Å². The quantitative estimate of drug-likeness (QED) is 0.380. The Kier molecular flexibility index (Phi) is 6.01. The van der Waals surface area contributed by atoms with Gasteiger partial charge in [-0.05, 0) is 32.8 Å². The Morgan fingerprint density at radius 2 is 2.25 bits per heavy atom. The number of carbonyl (C=O) groups is 2. The minimum Gasteiger partial charge on any atom is -0.460 e. The molecule has 24 heavy (non-hydrogen) atoms. The summed E-state index contributed by atoms with van der Waals surface area (Å²) in [5.74, 6) is -1.08. The van der Waals surface area contributed by atoms with Gasteiger partial charge in [0.1, 0.15) is 13.2 Å². The van der Waals surface area contributed by atoms with Gasteiger partial charge < -0.3 is 19.8 Å². The second kappa shape index (κ2) is 7.81. The molecule has 0 aromatic carbocycles. The van der Waals surface area contributed by atoms with E-state index in [-0.39, 0.29) is 31.1 Å². The fourth-order valence-electron chi connectivity index (χ4n) is 3.32. The SMILES string of the molecule is C=CCOC(=O)CN1C(=O)[C@H]([C@@H](C)O)[C@H]1CCC1C=C(C)N(C)N1. The number of aliphatic hydroxyl groups excluding tert-OH is 1. The van der Waals surface area contributed by atoms with Crippen molar-refractivity contribution in [2.24, 2.45) is 5.92 Å². The van der Waals surface area contributed by atoms with Gasteiger partial charge in [0, 0.05) is 24.8 Å². The van der Waals surface area contributed by atoms with Gasteiger partial charge in [0.15, 0.2) is 0 Å². The van der Waals surface area contributed by atoms with Crippen molar-refractivity contribution in [1.82, 2.24) is 15.3 Å². The van der Waals surface area contributed by atoms with Gasteiger partial charge >= 0.3 is 5.97 Å². The third-order valence-electron chi connectivity index (χ3n) is 4.67. The van der Waals surface area contributed by atoms with Gasteiger partial charge in [-0.25, -0.2) is 5.43 Å². The standard InChI is InChI=1S/C17H27N3O4/c1-5-8-24-15(22)10-20-14(16(12(3)21)17(20)23)7-6-13-9-11(2)19(4)18-13/h5,9,12-14,16,18,21H,1,6-8,10H2,2-4H3/t12-,13?,14-,16-/m1/s1. The zero-order valence-electron chi connectivity index (χ0n) is 14.6. The van der Waals surface area contributed by atoms with Crippen LogP contribution in [0.2, 0.25) is 0 Å². The number of rotatable bonds is 8. The largest absolute Gasteiger partial charge is 0.460 e. The predicted molar refractivity (Wildman–Crippen MR) is 89.5 cm³/mol. The molecule has 0 bridgehead atoms. The molecule has 1 saturated heterocycles. The number of aliphatic hydroxyl groups is 1. The fraction of sp³-hybridized carbons (Fsp3) is 0.647. The van der Waals surface area contributed by atoms with Crippen LogP contribution in [0.3, 0.4) is 0 Å². The molecule has 0 radical (unpaired) electrons. The lowest BCUT2D eigenvalue weighted by atomic mass is 9.80. The Bertz CT molecular complexity index is 532. The highest BCUT2D eigenvalue weighted by Crippen LogP contribution is 2.33. The van der Waals surface area contributed by atoms with E-state index in [0.29, 0.717) is 6.42 Å². The van der Waals surface area contributed by atoms with Gasteiger partial charge in [-0.3, -0.25) is 9.59 Å². The third-order valence-corrected chi connectivity index (χ3v) is 4.67. The van der Waals surface area contributed by atoms with Crippen LogP contribution in [0.4, 0.5) is 0 Å². The lowest BCUT2D eigenvalue weighted by molar-refractivity contribution is -0.171.